The van der Waals surface area contributed by atoms with Crippen LogP contribution in [0.25, 0.3) is 0 Å². The van der Waals surface area contributed by atoms with Gasteiger partial charge in [0.05, 0.1) is 28.4 Å². The van der Waals surface area contributed by atoms with Crippen molar-refractivity contribution in [2.24, 2.45) is 5.92 Å². The zero-order valence-electron chi connectivity index (χ0n) is 20.7. The summed E-state index contributed by atoms with van der Waals surface area (Å²) in [6.45, 7) is 5.69. The summed E-state index contributed by atoms with van der Waals surface area (Å²) in [6.07, 6.45) is 0.582. The van der Waals surface area contributed by atoms with E-state index in [-0.39, 0.29) is 17.5 Å². The van der Waals surface area contributed by atoms with Crippen LogP contribution in [0.3, 0.4) is 0 Å². The number of rotatable bonds is 9. The number of hydrogen-bond acceptors (Lipinski definition) is 7. The van der Waals surface area contributed by atoms with Crippen LogP contribution in [0.4, 0.5) is 0 Å². The first-order valence-corrected chi connectivity index (χ1v) is 11.0. The van der Waals surface area contributed by atoms with Crippen LogP contribution in [-0.4, -0.2) is 40.0 Å². The molecule has 0 fully saturated rings. The second-order valence-electron chi connectivity index (χ2n) is 7.96. The molecule has 0 aromatic heterocycles. The zero-order chi connectivity index (χ0) is 25.0. The maximum absolute atomic E-state index is 13.7. The first-order chi connectivity index (χ1) is 16.3. The van der Waals surface area contributed by atoms with Crippen molar-refractivity contribution in [1.82, 2.24) is 5.32 Å². The van der Waals surface area contributed by atoms with Crippen molar-refractivity contribution >= 4 is 11.6 Å². The summed E-state index contributed by atoms with van der Waals surface area (Å²) in [5, 5.41) is 3.25. The lowest BCUT2D eigenvalue weighted by molar-refractivity contribution is 0.100. The van der Waals surface area contributed by atoms with E-state index in [0.29, 0.717) is 51.7 Å². The van der Waals surface area contributed by atoms with Gasteiger partial charge in [-0.3, -0.25) is 9.59 Å². The van der Waals surface area contributed by atoms with Gasteiger partial charge in [0.2, 0.25) is 0 Å². The Morgan fingerprint density at radius 2 is 1.09 bits per heavy atom. The van der Waals surface area contributed by atoms with Gasteiger partial charge in [0.25, 0.3) is 0 Å². The van der Waals surface area contributed by atoms with Crippen LogP contribution < -0.4 is 24.3 Å². The van der Waals surface area contributed by atoms with Crippen molar-refractivity contribution in [2.75, 3.05) is 28.4 Å². The molecule has 1 heterocycles. The predicted octanol–water partition coefficient (Wildman–Crippen LogP) is 4.96. The highest BCUT2D eigenvalue weighted by Gasteiger charge is 2.35. The van der Waals surface area contributed by atoms with Gasteiger partial charge in [-0.25, -0.2) is 0 Å². The number of carbonyl (C=O) groups is 2. The fourth-order valence-corrected chi connectivity index (χ4v) is 4.41. The Kier molecular flexibility index (Phi) is 7.66. The minimum absolute atomic E-state index is 0.164. The zero-order valence-corrected chi connectivity index (χ0v) is 20.7. The summed E-state index contributed by atoms with van der Waals surface area (Å²) in [7, 11) is 6.15. The van der Waals surface area contributed by atoms with Crippen LogP contribution in [0.2, 0.25) is 0 Å². The smallest absolute Gasteiger partial charge is 0.191 e. The van der Waals surface area contributed by atoms with Crippen molar-refractivity contribution < 1.29 is 28.5 Å². The molecule has 0 radical (unpaired) electrons. The molecule has 0 saturated carbocycles. The summed E-state index contributed by atoms with van der Waals surface area (Å²) >= 11 is 0. The fraction of sp³-hybridized carbons (Fsp3) is 0.333. The van der Waals surface area contributed by atoms with E-state index in [1.165, 1.54) is 14.2 Å². The van der Waals surface area contributed by atoms with Gasteiger partial charge in [-0.1, -0.05) is 6.92 Å². The molecule has 1 aliphatic heterocycles. The molecule has 180 valence electrons. The van der Waals surface area contributed by atoms with Crippen molar-refractivity contribution in [3.63, 3.8) is 0 Å². The average Bonchev–Trinajstić information content (AvgIpc) is 2.86. The molecule has 0 amide bonds. The third kappa shape index (κ3) is 4.51. The van der Waals surface area contributed by atoms with E-state index in [0.717, 1.165) is 11.4 Å². The number of hydrogen-bond donors (Lipinski definition) is 1. The van der Waals surface area contributed by atoms with E-state index < -0.39 is 0 Å². The van der Waals surface area contributed by atoms with Crippen LogP contribution >= 0.6 is 0 Å². The van der Waals surface area contributed by atoms with Crippen molar-refractivity contribution in [2.45, 2.75) is 27.2 Å². The second kappa shape index (κ2) is 10.5. The Morgan fingerprint density at radius 3 is 1.41 bits per heavy atom. The van der Waals surface area contributed by atoms with E-state index in [1.807, 2.05) is 20.8 Å². The van der Waals surface area contributed by atoms with Gasteiger partial charge in [0.1, 0.15) is 0 Å². The fourth-order valence-electron chi connectivity index (χ4n) is 4.41. The normalized spacial score (nSPS) is 14.0. The van der Waals surface area contributed by atoms with E-state index in [9.17, 15) is 9.59 Å². The van der Waals surface area contributed by atoms with E-state index >= 15 is 0 Å². The standard InChI is InChI=1S/C27H31NO6/c1-8-19-24(26(29)17-9-11-20(31-4)22(13-17)33-6)15(2)28-16(3)25(19)27(30)18-10-12-21(32-5)23(14-18)34-7/h9-14,19,28H,8H2,1-7H3. The monoisotopic (exact) mass is 465 g/mol. The maximum Gasteiger partial charge on any atom is 0.191 e. The molecule has 0 atom stereocenters. The Balaban J connectivity index is 2.03. The quantitative estimate of drug-likeness (QED) is 0.524. The van der Waals surface area contributed by atoms with Gasteiger partial charge in [-0.15, -0.1) is 0 Å². The first-order valence-electron chi connectivity index (χ1n) is 11.0. The van der Waals surface area contributed by atoms with Crippen LogP contribution in [0.15, 0.2) is 58.9 Å². The average molecular weight is 466 g/mol. The van der Waals surface area contributed by atoms with E-state index in [1.54, 1.807) is 50.6 Å². The molecule has 1 N–H and O–H groups in total. The van der Waals surface area contributed by atoms with Crippen LogP contribution in [0.5, 0.6) is 23.0 Å². The molecule has 0 spiro atoms. The molecule has 2 aromatic carbocycles. The number of ether oxygens (including phenoxy) is 4. The summed E-state index contributed by atoms with van der Waals surface area (Å²) in [4.78, 5) is 27.4. The lowest BCUT2D eigenvalue weighted by Gasteiger charge is -2.30. The molecule has 2 aromatic rings. The summed E-state index contributed by atoms with van der Waals surface area (Å²) in [6, 6.07) is 10.1. The van der Waals surface area contributed by atoms with Crippen molar-refractivity contribution in [3.8, 4) is 23.0 Å². The molecule has 0 bridgehead atoms. The molecule has 0 unspecified atom stereocenters. The van der Waals surface area contributed by atoms with E-state index in [2.05, 4.69) is 5.32 Å². The minimum Gasteiger partial charge on any atom is -0.493 e. The number of benzene rings is 2. The number of allylic oxidation sites excluding steroid dienone is 4. The number of nitrogens with one attached hydrogen (secondary N) is 1. The van der Waals surface area contributed by atoms with E-state index in [4.69, 9.17) is 18.9 Å². The van der Waals surface area contributed by atoms with Crippen molar-refractivity contribution in [1.29, 1.82) is 0 Å². The highest BCUT2D eigenvalue weighted by atomic mass is 16.5. The number of ketones is 2. The lowest BCUT2D eigenvalue weighted by atomic mass is 9.77. The van der Waals surface area contributed by atoms with Crippen LogP contribution in [0, 0.1) is 5.92 Å². The van der Waals surface area contributed by atoms with Gasteiger partial charge in [-0.2, -0.15) is 0 Å². The third-order valence-electron chi connectivity index (χ3n) is 6.07. The van der Waals surface area contributed by atoms with Gasteiger partial charge < -0.3 is 24.3 Å². The first kappa shape index (κ1) is 24.9. The Hall–Kier alpha value is -3.74. The molecular weight excluding hydrogens is 434 g/mol. The number of dihydropyridines is 1. The predicted molar refractivity (Wildman–Crippen MR) is 130 cm³/mol. The topological polar surface area (TPSA) is 83.1 Å². The van der Waals surface area contributed by atoms with Gasteiger partial charge in [0.15, 0.2) is 34.6 Å². The largest absolute Gasteiger partial charge is 0.493 e. The van der Waals surface area contributed by atoms with Gasteiger partial charge >= 0.3 is 0 Å². The summed E-state index contributed by atoms with van der Waals surface area (Å²) in [5.41, 5.74) is 3.50. The third-order valence-corrected chi connectivity index (χ3v) is 6.07. The molecular formula is C27H31NO6. The highest BCUT2D eigenvalue weighted by molar-refractivity contribution is 6.15. The minimum atomic E-state index is -0.373. The molecule has 3 rings (SSSR count). The number of Topliss-reactive ketones (excluding diaryl/α,β-unsaturated/α-hetero) is 2. The number of carbonyl (C=O) groups excluding carboxylic acids is 2. The number of methoxy groups -OCH3 is 4. The van der Waals surface area contributed by atoms with Gasteiger partial charge in [0, 0.05) is 39.6 Å². The molecule has 7 nitrogen and oxygen atoms in total. The molecule has 34 heavy (non-hydrogen) atoms. The highest BCUT2D eigenvalue weighted by Crippen LogP contribution is 2.38. The van der Waals surface area contributed by atoms with Crippen molar-refractivity contribution in [3.05, 3.63) is 70.1 Å². The van der Waals surface area contributed by atoms with Gasteiger partial charge in [-0.05, 0) is 56.7 Å². The Labute approximate surface area is 200 Å². The maximum atomic E-state index is 13.7. The van der Waals surface area contributed by atoms with Crippen LogP contribution in [-0.2, 0) is 0 Å². The molecule has 0 saturated heterocycles. The second-order valence-corrected chi connectivity index (χ2v) is 7.96. The lowest BCUT2D eigenvalue weighted by Crippen LogP contribution is -2.32. The Morgan fingerprint density at radius 1 is 0.706 bits per heavy atom. The summed E-state index contributed by atoms with van der Waals surface area (Å²) < 4.78 is 21.3. The van der Waals surface area contributed by atoms with Crippen LogP contribution in [0.1, 0.15) is 47.9 Å². The molecule has 7 heteroatoms. The molecule has 1 aliphatic rings. The Bertz CT molecular complexity index is 1090. The summed E-state index contributed by atoms with van der Waals surface area (Å²) in [5.74, 6) is 1.32. The SMILES string of the molecule is CCC1C(C(=O)c2ccc(OC)c(OC)c2)=C(C)NC(C)=C1C(=O)c1ccc(OC)c(OC)c1. The molecule has 0 aliphatic carbocycles.